The second kappa shape index (κ2) is 7.09. The Morgan fingerprint density at radius 1 is 1.50 bits per heavy atom. The van der Waals surface area contributed by atoms with Crippen LogP contribution in [0, 0.1) is 12.8 Å². The van der Waals surface area contributed by atoms with Crippen molar-refractivity contribution < 1.29 is 18.4 Å². The van der Waals surface area contributed by atoms with E-state index in [2.05, 4.69) is 21.9 Å². The fourth-order valence-corrected chi connectivity index (χ4v) is 3.65. The number of rotatable bonds is 4. The van der Waals surface area contributed by atoms with Gasteiger partial charge in [-0.2, -0.15) is 0 Å². The first-order valence-corrected chi connectivity index (χ1v) is 8.69. The lowest BCUT2D eigenvalue weighted by Gasteiger charge is -2.26. The average molecular weight is 364 g/mol. The van der Waals surface area contributed by atoms with Gasteiger partial charge in [-0.15, -0.1) is 0 Å². The summed E-state index contributed by atoms with van der Waals surface area (Å²) in [6.07, 6.45) is 4.21. The van der Waals surface area contributed by atoms with E-state index in [-0.39, 0.29) is 18.4 Å². The monoisotopic (exact) mass is 364 g/mol. The molecular weight excluding hydrogens is 342 g/mol. The number of aromatic nitrogens is 2. The van der Waals surface area contributed by atoms with Crippen molar-refractivity contribution in [2.75, 3.05) is 13.1 Å². The van der Waals surface area contributed by atoms with Gasteiger partial charge in [0.2, 0.25) is 11.8 Å². The molecule has 1 fully saturated rings. The minimum atomic E-state index is -2.94. The summed E-state index contributed by atoms with van der Waals surface area (Å²) >= 11 is 0. The van der Waals surface area contributed by atoms with Crippen LogP contribution in [0.25, 0.3) is 0 Å². The van der Waals surface area contributed by atoms with Crippen molar-refractivity contribution in [3.63, 3.8) is 0 Å². The first kappa shape index (κ1) is 18.4. The maximum atomic E-state index is 13.7. The number of aryl methyl sites for hydroxylation is 2. The predicted molar refractivity (Wildman–Crippen MR) is 90.6 cm³/mol. The minimum Gasteiger partial charge on any atom is -0.354 e. The number of nitrogens with one attached hydrogen (secondary N) is 1. The van der Waals surface area contributed by atoms with Gasteiger partial charge in [0.15, 0.2) is 0 Å². The molecule has 1 unspecified atom stereocenters. The molecule has 0 aromatic carbocycles. The normalized spacial score (nSPS) is 24.0. The molecule has 26 heavy (non-hydrogen) atoms. The van der Waals surface area contributed by atoms with Crippen LogP contribution in [0.5, 0.6) is 0 Å². The van der Waals surface area contributed by atoms with Crippen molar-refractivity contribution >= 4 is 11.8 Å². The van der Waals surface area contributed by atoms with E-state index in [0.717, 1.165) is 22.2 Å². The number of halogens is 2. The van der Waals surface area contributed by atoms with Gasteiger partial charge in [-0.25, -0.2) is 18.7 Å². The van der Waals surface area contributed by atoms with Gasteiger partial charge in [-0.1, -0.05) is 6.58 Å². The summed E-state index contributed by atoms with van der Waals surface area (Å²) in [5.41, 5.74) is 1.93. The number of hydrogen-bond acceptors (Lipinski definition) is 4. The molecule has 2 amide bonds. The van der Waals surface area contributed by atoms with Crippen molar-refractivity contribution in [2.24, 2.45) is 5.92 Å². The number of hydrogen-bond donors (Lipinski definition) is 1. The van der Waals surface area contributed by atoms with Gasteiger partial charge in [-0.05, 0) is 37.8 Å². The molecule has 1 aliphatic heterocycles. The van der Waals surface area contributed by atoms with E-state index in [1.807, 2.05) is 6.92 Å². The Bertz CT molecular complexity index is 738. The van der Waals surface area contributed by atoms with E-state index in [4.69, 9.17) is 0 Å². The number of fused-ring (bicyclic) bond motifs is 1. The largest absolute Gasteiger partial charge is 0.354 e. The second-order valence-electron chi connectivity index (χ2n) is 6.96. The molecule has 3 rings (SSSR count). The van der Waals surface area contributed by atoms with Crippen molar-refractivity contribution in [2.45, 2.75) is 44.6 Å². The molecule has 0 bridgehead atoms. The van der Waals surface area contributed by atoms with Gasteiger partial charge in [0.25, 0.3) is 5.92 Å². The van der Waals surface area contributed by atoms with Crippen LogP contribution in [0.1, 0.15) is 29.9 Å². The Kier molecular flexibility index (Phi) is 5.02. The lowest BCUT2D eigenvalue weighted by atomic mass is 9.86. The van der Waals surface area contributed by atoms with Crippen molar-refractivity contribution in [1.82, 2.24) is 20.2 Å². The molecular formula is C18H22F2N4O2. The molecule has 2 aliphatic rings. The van der Waals surface area contributed by atoms with Crippen LogP contribution in [0.15, 0.2) is 18.9 Å². The van der Waals surface area contributed by atoms with Crippen molar-refractivity contribution in [3.05, 3.63) is 35.9 Å². The molecule has 2 atom stereocenters. The van der Waals surface area contributed by atoms with Gasteiger partial charge >= 0.3 is 0 Å². The average Bonchev–Trinajstić information content (AvgIpc) is 2.93. The Morgan fingerprint density at radius 3 is 3.00 bits per heavy atom. The first-order valence-electron chi connectivity index (χ1n) is 8.69. The lowest BCUT2D eigenvalue weighted by Crippen LogP contribution is -2.44. The Morgan fingerprint density at radius 2 is 2.27 bits per heavy atom. The van der Waals surface area contributed by atoms with Crippen LogP contribution in [0.2, 0.25) is 0 Å². The summed E-state index contributed by atoms with van der Waals surface area (Å²) in [4.78, 5) is 33.9. The summed E-state index contributed by atoms with van der Waals surface area (Å²) in [6, 6.07) is -0.721. The molecule has 1 aromatic heterocycles. The van der Waals surface area contributed by atoms with Gasteiger partial charge in [0.05, 0.1) is 12.6 Å². The molecule has 140 valence electrons. The van der Waals surface area contributed by atoms with Gasteiger partial charge in [0.1, 0.15) is 5.82 Å². The maximum absolute atomic E-state index is 13.7. The molecule has 0 radical (unpaired) electrons. The predicted octanol–water partition coefficient (Wildman–Crippen LogP) is 1.43. The first-order chi connectivity index (χ1) is 12.3. The fourth-order valence-electron chi connectivity index (χ4n) is 3.65. The molecule has 0 saturated carbocycles. The molecule has 1 N–H and O–H groups in total. The van der Waals surface area contributed by atoms with E-state index >= 15 is 0 Å². The van der Waals surface area contributed by atoms with Crippen LogP contribution in [-0.4, -0.2) is 51.7 Å². The van der Waals surface area contributed by atoms with Gasteiger partial charge in [-0.3, -0.25) is 9.59 Å². The van der Waals surface area contributed by atoms with E-state index in [1.54, 1.807) is 6.20 Å². The Balaban J connectivity index is 1.59. The molecule has 0 spiro atoms. The third-order valence-corrected chi connectivity index (χ3v) is 4.99. The zero-order chi connectivity index (χ0) is 18.9. The summed E-state index contributed by atoms with van der Waals surface area (Å²) in [5, 5.41) is 2.74. The molecule has 1 aromatic rings. The third-order valence-electron chi connectivity index (χ3n) is 4.99. The number of carbonyl (C=O) groups is 2. The number of amides is 2. The highest BCUT2D eigenvalue weighted by Gasteiger charge is 2.46. The molecule has 2 heterocycles. The number of carbonyl (C=O) groups excluding carboxylic acids is 2. The topological polar surface area (TPSA) is 75.2 Å². The van der Waals surface area contributed by atoms with Crippen molar-refractivity contribution in [1.29, 1.82) is 0 Å². The SMILES string of the molecule is C=CC(=O)N1CC(F)(F)C[C@H]1CNC(=O)C1CCc2nc(C)ncc2C1. The number of nitrogens with zero attached hydrogens (tertiary/aromatic N) is 3. The van der Waals surface area contributed by atoms with E-state index in [1.165, 1.54) is 0 Å². The number of alkyl halides is 2. The summed E-state index contributed by atoms with van der Waals surface area (Å²) in [7, 11) is 0. The Hall–Kier alpha value is -2.38. The van der Waals surface area contributed by atoms with Gasteiger partial charge in [0, 0.05) is 30.8 Å². The highest BCUT2D eigenvalue weighted by atomic mass is 19.3. The van der Waals surface area contributed by atoms with Gasteiger partial charge < -0.3 is 10.2 Å². The second-order valence-corrected chi connectivity index (χ2v) is 6.96. The Labute approximate surface area is 150 Å². The zero-order valence-electron chi connectivity index (χ0n) is 14.7. The molecule has 1 saturated heterocycles. The zero-order valence-corrected chi connectivity index (χ0v) is 14.7. The minimum absolute atomic E-state index is 0.0156. The molecule has 8 heteroatoms. The van der Waals surface area contributed by atoms with Crippen LogP contribution >= 0.6 is 0 Å². The molecule has 6 nitrogen and oxygen atoms in total. The van der Waals surface area contributed by atoms with Crippen LogP contribution in [0.4, 0.5) is 8.78 Å². The summed E-state index contributed by atoms with van der Waals surface area (Å²) in [5.74, 6) is -3.19. The standard InChI is InChI=1S/C18H22F2N4O2/c1-3-16(25)24-10-18(19,20)7-14(24)9-22-17(26)12-4-5-15-13(6-12)8-21-11(2)23-15/h3,8,12,14H,1,4-7,9-10H2,2H3,(H,22,26)/t12?,14-/m0/s1. The van der Waals surface area contributed by atoms with Crippen LogP contribution < -0.4 is 5.32 Å². The third kappa shape index (κ3) is 3.89. The van der Waals surface area contributed by atoms with E-state index in [9.17, 15) is 18.4 Å². The summed E-state index contributed by atoms with van der Waals surface area (Å²) in [6.45, 7) is 4.56. The lowest BCUT2D eigenvalue weighted by molar-refractivity contribution is -0.129. The fraction of sp³-hybridized carbons (Fsp3) is 0.556. The number of likely N-dealkylation sites (tertiary alicyclic amines) is 1. The van der Waals surface area contributed by atoms with E-state index in [0.29, 0.717) is 25.1 Å². The van der Waals surface area contributed by atoms with Crippen LogP contribution in [-0.2, 0) is 22.4 Å². The van der Waals surface area contributed by atoms with Crippen LogP contribution in [0.3, 0.4) is 0 Å². The maximum Gasteiger partial charge on any atom is 0.267 e. The highest BCUT2D eigenvalue weighted by Crippen LogP contribution is 2.32. The van der Waals surface area contributed by atoms with Crippen molar-refractivity contribution in [3.8, 4) is 0 Å². The molecule has 1 aliphatic carbocycles. The smallest absolute Gasteiger partial charge is 0.267 e. The quantitative estimate of drug-likeness (QED) is 0.820. The highest BCUT2D eigenvalue weighted by molar-refractivity contribution is 5.87. The van der Waals surface area contributed by atoms with E-state index < -0.39 is 30.8 Å². The summed E-state index contributed by atoms with van der Waals surface area (Å²) < 4.78 is 27.3.